The van der Waals surface area contributed by atoms with Gasteiger partial charge in [0.25, 0.3) is 11.8 Å². The topological polar surface area (TPSA) is 111 Å². The van der Waals surface area contributed by atoms with Crippen molar-refractivity contribution in [2.75, 3.05) is 7.11 Å². The Balaban J connectivity index is 1.31. The molecule has 1 atom stereocenters. The van der Waals surface area contributed by atoms with E-state index in [1.807, 2.05) is 31.2 Å². The first-order valence-corrected chi connectivity index (χ1v) is 11.8. The first-order valence-electron chi connectivity index (χ1n) is 11.8. The summed E-state index contributed by atoms with van der Waals surface area (Å²) in [5.74, 6) is -1.31. The molecular weight excluding hydrogens is 465 g/mol. The monoisotopic (exact) mass is 491 g/mol. The van der Waals surface area contributed by atoms with Crippen LogP contribution in [-0.2, 0) is 11.2 Å². The Morgan fingerprint density at radius 1 is 1.22 bits per heavy atom. The molecule has 186 valence electrons. The molecule has 0 spiro atoms. The van der Waals surface area contributed by atoms with E-state index in [1.165, 1.54) is 19.2 Å². The number of methoxy groups -OCH3 is 1. The zero-order valence-electron chi connectivity index (χ0n) is 20.2. The number of nitrogens with zero attached hydrogens (tertiary/aromatic N) is 3. The van der Waals surface area contributed by atoms with Crippen molar-refractivity contribution in [3.63, 3.8) is 0 Å². The number of ether oxygens (including phenoxy) is 1. The van der Waals surface area contributed by atoms with Crippen LogP contribution in [0.25, 0.3) is 16.6 Å². The molecule has 10 heteroatoms. The molecule has 9 nitrogen and oxygen atoms in total. The summed E-state index contributed by atoms with van der Waals surface area (Å²) in [5.41, 5.74) is 1.71. The molecular formula is C26H26FN5O4. The molecule has 1 aliphatic rings. The third-order valence-electron chi connectivity index (χ3n) is 6.50. The molecule has 1 aliphatic carbocycles. The number of carbonyl (C=O) groups is 2. The zero-order chi connectivity index (χ0) is 25.4. The van der Waals surface area contributed by atoms with Gasteiger partial charge >= 0.3 is 0 Å². The maximum atomic E-state index is 15.2. The second-order valence-electron chi connectivity index (χ2n) is 8.90. The van der Waals surface area contributed by atoms with Crippen LogP contribution in [0.15, 0.2) is 53.1 Å². The molecule has 2 N–H and O–H groups in total. The van der Waals surface area contributed by atoms with Crippen LogP contribution in [0.5, 0.6) is 5.88 Å². The Morgan fingerprint density at radius 2 is 2.00 bits per heavy atom. The van der Waals surface area contributed by atoms with Crippen LogP contribution >= 0.6 is 0 Å². The Hall–Kier alpha value is -4.21. The summed E-state index contributed by atoms with van der Waals surface area (Å²) < 4.78 is 26.8. The van der Waals surface area contributed by atoms with Gasteiger partial charge < -0.3 is 19.9 Å². The van der Waals surface area contributed by atoms with Crippen LogP contribution in [0, 0.1) is 5.82 Å². The predicted molar refractivity (Wildman–Crippen MR) is 129 cm³/mol. The number of amides is 2. The smallest absolute Gasteiger partial charge is 0.290 e. The Bertz CT molecular complexity index is 1460. The van der Waals surface area contributed by atoms with E-state index < -0.39 is 23.3 Å². The van der Waals surface area contributed by atoms with Crippen molar-refractivity contribution in [1.29, 1.82) is 0 Å². The van der Waals surface area contributed by atoms with Crippen LogP contribution in [0.2, 0.25) is 0 Å². The summed E-state index contributed by atoms with van der Waals surface area (Å²) in [6, 6.07) is 13.4. The van der Waals surface area contributed by atoms with Gasteiger partial charge in [0.05, 0.1) is 36.1 Å². The first kappa shape index (κ1) is 23.5. The summed E-state index contributed by atoms with van der Waals surface area (Å²) >= 11 is 0. The van der Waals surface area contributed by atoms with E-state index in [-0.39, 0.29) is 17.5 Å². The van der Waals surface area contributed by atoms with Gasteiger partial charge in [-0.3, -0.25) is 9.59 Å². The molecule has 4 aromatic rings. The number of aryl methyl sites for hydroxylation is 1. The van der Waals surface area contributed by atoms with Crippen molar-refractivity contribution in [2.45, 2.75) is 44.7 Å². The highest BCUT2D eigenvalue weighted by atomic mass is 19.1. The molecule has 2 aromatic heterocycles. The van der Waals surface area contributed by atoms with Gasteiger partial charge in [-0.05, 0) is 49.5 Å². The fourth-order valence-electron chi connectivity index (χ4n) is 4.28. The fraction of sp³-hybridized carbons (Fsp3) is 0.308. The molecule has 0 radical (unpaired) electrons. The maximum Gasteiger partial charge on any atom is 0.290 e. The van der Waals surface area contributed by atoms with Crippen molar-refractivity contribution in [1.82, 2.24) is 25.6 Å². The van der Waals surface area contributed by atoms with E-state index in [0.717, 1.165) is 23.0 Å². The van der Waals surface area contributed by atoms with E-state index in [4.69, 9.17) is 9.26 Å². The normalized spacial score (nSPS) is 14.9. The lowest BCUT2D eigenvalue weighted by Crippen LogP contribution is -2.49. The quantitative estimate of drug-likeness (QED) is 0.387. The Kier molecular flexibility index (Phi) is 5.95. The predicted octanol–water partition coefficient (Wildman–Crippen LogP) is 3.86. The summed E-state index contributed by atoms with van der Waals surface area (Å²) in [6.45, 7) is 3.73. The summed E-state index contributed by atoms with van der Waals surface area (Å²) in [7, 11) is 1.40. The standard InChI is InChI=1S/C26H26FN5O4/c1-4-20-18-7-5-6-8-21(18)32(30-20)16-9-10-17(19(27)13-16)15(2)28-25(34)26(11-12-26)29-24(33)22-14-23(35-3)31-36-22/h5-10,13-15H,4,11-12H2,1-3H3,(H,28,34)(H,29,33)/t15-/m1/s1. The van der Waals surface area contributed by atoms with Gasteiger partial charge in [0.1, 0.15) is 11.4 Å². The number of nitrogens with one attached hydrogen (secondary N) is 2. The average molecular weight is 492 g/mol. The van der Waals surface area contributed by atoms with Gasteiger partial charge in [0.2, 0.25) is 11.7 Å². The lowest BCUT2D eigenvalue weighted by molar-refractivity contribution is -0.124. The number of halogens is 1. The molecule has 5 rings (SSSR count). The van der Waals surface area contributed by atoms with Crippen LogP contribution in [0.1, 0.15) is 54.5 Å². The highest BCUT2D eigenvalue weighted by Gasteiger charge is 2.52. The molecule has 0 aliphatic heterocycles. The molecule has 36 heavy (non-hydrogen) atoms. The molecule has 0 unspecified atom stereocenters. The fourth-order valence-corrected chi connectivity index (χ4v) is 4.28. The molecule has 1 fully saturated rings. The van der Waals surface area contributed by atoms with Gasteiger partial charge in [0, 0.05) is 10.9 Å². The first-order chi connectivity index (χ1) is 17.3. The number of para-hydroxylation sites is 1. The third-order valence-corrected chi connectivity index (χ3v) is 6.50. The van der Waals surface area contributed by atoms with Crippen LogP contribution in [-0.4, -0.2) is 39.4 Å². The van der Waals surface area contributed by atoms with Crippen molar-refractivity contribution in [3.05, 3.63) is 71.4 Å². The van der Waals surface area contributed by atoms with Crippen molar-refractivity contribution >= 4 is 22.7 Å². The van der Waals surface area contributed by atoms with Crippen LogP contribution < -0.4 is 15.4 Å². The highest BCUT2D eigenvalue weighted by molar-refractivity contribution is 5.99. The van der Waals surface area contributed by atoms with E-state index in [1.54, 1.807) is 23.7 Å². The number of carbonyl (C=O) groups excluding carboxylic acids is 2. The largest absolute Gasteiger partial charge is 0.479 e. The molecule has 2 heterocycles. The van der Waals surface area contributed by atoms with Crippen molar-refractivity contribution in [3.8, 4) is 11.6 Å². The average Bonchev–Trinajstić information content (AvgIpc) is 3.34. The Morgan fingerprint density at radius 3 is 2.67 bits per heavy atom. The minimum Gasteiger partial charge on any atom is -0.479 e. The minimum absolute atomic E-state index is 0.0574. The van der Waals surface area contributed by atoms with Gasteiger partial charge in [-0.2, -0.15) is 5.10 Å². The van der Waals surface area contributed by atoms with E-state index in [2.05, 4.69) is 20.9 Å². The lowest BCUT2D eigenvalue weighted by Gasteiger charge is -2.21. The summed E-state index contributed by atoms with van der Waals surface area (Å²) in [6.07, 6.45) is 1.70. The number of hydrogen-bond acceptors (Lipinski definition) is 6. The molecule has 1 saturated carbocycles. The Labute approximate surface area is 206 Å². The lowest BCUT2D eigenvalue weighted by atomic mass is 10.1. The van der Waals surface area contributed by atoms with Crippen LogP contribution in [0.3, 0.4) is 0 Å². The van der Waals surface area contributed by atoms with E-state index >= 15 is 4.39 Å². The molecule has 2 aromatic carbocycles. The number of rotatable bonds is 8. The summed E-state index contributed by atoms with van der Waals surface area (Å²) in [5, 5.41) is 14.8. The number of hydrogen-bond donors (Lipinski definition) is 2. The summed E-state index contributed by atoms with van der Waals surface area (Å²) in [4.78, 5) is 25.5. The second kappa shape index (κ2) is 9.10. The van der Waals surface area contributed by atoms with E-state index in [9.17, 15) is 9.59 Å². The maximum absolute atomic E-state index is 15.2. The molecule has 0 saturated heterocycles. The second-order valence-corrected chi connectivity index (χ2v) is 8.90. The molecule has 0 bridgehead atoms. The van der Waals surface area contributed by atoms with Gasteiger partial charge in [-0.15, -0.1) is 0 Å². The van der Waals surface area contributed by atoms with Gasteiger partial charge in [-0.25, -0.2) is 9.07 Å². The zero-order valence-corrected chi connectivity index (χ0v) is 20.2. The number of fused-ring (bicyclic) bond motifs is 1. The SMILES string of the molecule is CCc1nn(-c2ccc([C@@H](C)NC(=O)C3(NC(=O)c4cc(OC)no4)CC3)c(F)c2)c2ccccc12. The number of aromatic nitrogens is 3. The van der Waals surface area contributed by atoms with Gasteiger partial charge in [0.15, 0.2) is 0 Å². The molecule has 2 amide bonds. The van der Waals surface area contributed by atoms with Crippen molar-refractivity contribution in [2.24, 2.45) is 0 Å². The van der Waals surface area contributed by atoms with Crippen molar-refractivity contribution < 1.29 is 23.2 Å². The third kappa shape index (κ3) is 4.19. The van der Waals surface area contributed by atoms with E-state index in [0.29, 0.717) is 24.1 Å². The van der Waals surface area contributed by atoms with Crippen LogP contribution in [0.4, 0.5) is 4.39 Å². The minimum atomic E-state index is -1.06. The van der Waals surface area contributed by atoms with Gasteiger partial charge in [-0.1, -0.05) is 31.2 Å². The highest BCUT2D eigenvalue weighted by Crippen LogP contribution is 2.37. The number of benzene rings is 2.